The second-order valence-electron chi connectivity index (χ2n) is 5.60. The highest BCUT2D eigenvalue weighted by Gasteiger charge is 2.20. The first-order valence-electron chi connectivity index (χ1n) is 7.04. The first-order chi connectivity index (χ1) is 9.45. The molecule has 1 aliphatic heterocycles. The van der Waals surface area contributed by atoms with Crippen molar-refractivity contribution < 1.29 is 9.84 Å². The summed E-state index contributed by atoms with van der Waals surface area (Å²) in [6.45, 7) is 6.31. The van der Waals surface area contributed by atoms with E-state index >= 15 is 0 Å². The van der Waals surface area contributed by atoms with Gasteiger partial charge in [-0.15, -0.1) is 0 Å². The smallest absolute Gasteiger partial charge is 0.266 e. The highest BCUT2D eigenvalue weighted by molar-refractivity contribution is 5.20. The Bertz CT molecular complexity index is 513. The van der Waals surface area contributed by atoms with Gasteiger partial charge in [0.25, 0.3) is 5.56 Å². The number of β-amino-alcohol motifs (C(OH)–C–C–N with tert-alkyl or cyclic N) is 1. The summed E-state index contributed by atoms with van der Waals surface area (Å²) in [5, 5.41) is 14.2. The van der Waals surface area contributed by atoms with Crippen molar-refractivity contribution in [1.29, 1.82) is 0 Å². The second kappa shape index (κ2) is 6.47. The lowest BCUT2D eigenvalue weighted by molar-refractivity contribution is -0.0102. The molecule has 6 heteroatoms. The van der Waals surface area contributed by atoms with Gasteiger partial charge in [0.1, 0.15) is 0 Å². The Morgan fingerprint density at radius 3 is 2.95 bits per heavy atom. The van der Waals surface area contributed by atoms with E-state index in [0.717, 1.165) is 24.2 Å². The molecule has 0 aliphatic carbocycles. The van der Waals surface area contributed by atoms with E-state index in [0.29, 0.717) is 19.7 Å². The minimum atomic E-state index is -0.501. The van der Waals surface area contributed by atoms with E-state index in [4.69, 9.17) is 4.74 Å². The topological polar surface area (TPSA) is 67.6 Å². The van der Waals surface area contributed by atoms with E-state index in [2.05, 4.69) is 10.00 Å². The van der Waals surface area contributed by atoms with E-state index in [-0.39, 0.29) is 11.7 Å². The fourth-order valence-corrected chi connectivity index (χ4v) is 2.36. The summed E-state index contributed by atoms with van der Waals surface area (Å²) < 4.78 is 6.78. The Morgan fingerprint density at radius 1 is 1.50 bits per heavy atom. The SMILES string of the molecule is CC(C)OCC(O)CN1CCc2nn(C)c(=O)cc2C1. The van der Waals surface area contributed by atoms with E-state index in [1.807, 2.05) is 13.8 Å². The quantitative estimate of drug-likeness (QED) is 0.818. The lowest BCUT2D eigenvalue weighted by Crippen LogP contribution is -2.40. The standard InChI is InChI=1S/C14H23N3O3/c1-10(2)20-9-12(18)8-17-5-4-13-11(7-17)6-14(19)16(3)15-13/h6,10,12,18H,4-5,7-9H2,1-3H3. The summed E-state index contributed by atoms with van der Waals surface area (Å²) in [6, 6.07) is 1.64. The van der Waals surface area contributed by atoms with Crippen LogP contribution in [0.15, 0.2) is 10.9 Å². The Labute approximate surface area is 119 Å². The third kappa shape index (κ3) is 3.88. The van der Waals surface area contributed by atoms with Crippen LogP contribution in [-0.2, 0) is 24.8 Å². The third-order valence-corrected chi connectivity index (χ3v) is 3.41. The molecule has 0 saturated carbocycles. The van der Waals surface area contributed by atoms with Crippen LogP contribution in [0.4, 0.5) is 0 Å². The number of aliphatic hydroxyl groups excluding tert-OH is 1. The first-order valence-corrected chi connectivity index (χ1v) is 7.04. The number of fused-ring (bicyclic) bond motifs is 1. The predicted octanol–water partition coefficient (Wildman–Crippen LogP) is -0.0757. The zero-order chi connectivity index (χ0) is 14.7. The molecule has 0 radical (unpaired) electrons. The van der Waals surface area contributed by atoms with Gasteiger partial charge in [-0.3, -0.25) is 9.69 Å². The summed E-state index contributed by atoms with van der Waals surface area (Å²) in [7, 11) is 1.67. The van der Waals surface area contributed by atoms with Crippen LogP contribution in [0.25, 0.3) is 0 Å². The van der Waals surface area contributed by atoms with Crippen LogP contribution in [-0.4, -0.2) is 51.7 Å². The molecule has 0 amide bonds. The molecule has 0 spiro atoms. The molecule has 1 aromatic rings. The van der Waals surface area contributed by atoms with Crippen LogP contribution in [0, 0.1) is 0 Å². The first kappa shape index (κ1) is 15.2. The van der Waals surface area contributed by atoms with Crippen molar-refractivity contribution in [3.8, 4) is 0 Å². The van der Waals surface area contributed by atoms with E-state index in [9.17, 15) is 9.90 Å². The molecule has 0 saturated heterocycles. The monoisotopic (exact) mass is 281 g/mol. The fraction of sp³-hybridized carbons (Fsp3) is 0.714. The molecule has 0 fully saturated rings. The molecule has 1 N–H and O–H groups in total. The summed E-state index contributed by atoms with van der Waals surface area (Å²) in [5.41, 5.74) is 1.86. The van der Waals surface area contributed by atoms with Gasteiger partial charge >= 0.3 is 0 Å². The van der Waals surface area contributed by atoms with Crippen LogP contribution in [0.1, 0.15) is 25.1 Å². The van der Waals surface area contributed by atoms with Crippen molar-refractivity contribution in [2.24, 2.45) is 7.05 Å². The maximum absolute atomic E-state index is 11.6. The summed E-state index contributed by atoms with van der Waals surface area (Å²) in [5.74, 6) is 0. The molecule has 1 unspecified atom stereocenters. The van der Waals surface area contributed by atoms with E-state index < -0.39 is 6.10 Å². The molecule has 0 bridgehead atoms. The molecule has 0 aromatic carbocycles. The predicted molar refractivity (Wildman–Crippen MR) is 75.6 cm³/mol. The Balaban J connectivity index is 1.94. The van der Waals surface area contributed by atoms with Crippen LogP contribution < -0.4 is 5.56 Å². The van der Waals surface area contributed by atoms with Crippen molar-refractivity contribution in [3.05, 3.63) is 27.7 Å². The van der Waals surface area contributed by atoms with Gasteiger partial charge in [0.2, 0.25) is 0 Å². The van der Waals surface area contributed by atoms with Gasteiger partial charge in [-0.25, -0.2) is 4.68 Å². The summed E-state index contributed by atoms with van der Waals surface area (Å²) >= 11 is 0. The van der Waals surface area contributed by atoms with E-state index in [1.165, 1.54) is 4.68 Å². The van der Waals surface area contributed by atoms with E-state index in [1.54, 1.807) is 13.1 Å². The lowest BCUT2D eigenvalue weighted by atomic mass is 10.1. The maximum atomic E-state index is 11.6. The molecule has 1 aromatic heterocycles. The number of hydrogen-bond donors (Lipinski definition) is 1. The molecule has 1 aliphatic rings. The number of hydrogen-bond acceptors (Lipinski definition) is 5. The number of aromatic nitrogens is 2. The molecule has 20 heavy (non-hydrogen) atoms. The zero-order valence-electron chi connectivity index (χ0n) is 12.4. The van der Waals surface area contributed by atoms with Gasteiger partial charge in [0.05, 0.1) is 24.5 Å². The van der Waals surface area contributed by atoms with Crippen molar-refractivity contribution in [2.45, 2.75) is 39.0 Å². The van der Waals surface area contributed by atoms with Crippen molar-refractivity contribution in [3.63, 3.8) is 0 Å². The largest absolute Gasteiger partial charge is 0.389 e. The van der Waals surface area contributed by atoms with Gasteiger partial charge in [-0.2, -0.15) is 5.10 Å². The molecule has 112 valence electrons. The maximum Gasteiger partial charge on any atom is 0.266 e. The van der Waals surface area contributed by atoms with Crippen LogP contribution in [0.2, 0.25) is 0 Å². The van der Waals surface area contributed by atoms with Crippen molar-refractivity contribution >= 4 is 0 Å². The number of aliphatic hydroxyl groups is 1. The van der Waals surface area contributed by atoms with Crippen LogP contribution in [0.3, 0.4) is 0 Å². The average Bonchev–Trinajstić information content (AvgIpc) is 2.38. The van der Waals surface area contributed by atoms with Gasteiger partial charge in [-0.05, 0) is 19.4 Å². The lowest BCUT2D eigenvalue weighted by Gasteiger charge is -2.29. The molecule has 2 rings (SSSR count). The Kier molecular flexibility index (Phi) is 4.91. The van der Waals surface area contributed by atoms with Gasteiger partial charge < -0.3 is 9.84 Å². The van der Waals surface area contributed by atoms with Crippen LogP contribution >= 0.6 is 0 Å². The number of rotatable bonds is 5. The minimum absolute atomic E-state index is 0.0886. The highest BCUT2D eigenvalue weighted by Crippen LogP contribution is 2.15. The molecular weight excluding hydrogens is 258 g/mol. The summed E-state index contributed by atoms with van der Waals surface area (Å²) in [6.07, 6.45) is 0.429. The van der Waals surface area contributed by atoms with Gasteiger partial charge in [0.15, 0.2) is 0 Å². The number of aryl methyl sites for hydroxylation is 1. The molecule has 1 atom stereocenters. The number of ether oxygens (including phenoxy) is 1. The average molecular weight is 281 g/mol. The number of nitrogens with zero attached hydrogens (tertiary/aromatic N) is 3. The second-order valence-corrected chi connectivity index (χ2v) is 5.60. The third-order valence-electron chi connectivity index (χ3n) is 3.41. The van der Waals surface area contributed by atoms with Crippen molar-refractivity contribution in [2.75, 3.05) is 19.7 Å². The van der Waals surface area contributed by atoms with Gasteiger partial charge in [0, 0.05) is 39.2 Å². The Hall–Kier alpha value is -1.24. The molecule has 6 nitrogen and oxygen atoms in total. The molecular formula is C14H23N3O3. The summed E-state index contributed by atoms with van der Waals surface area (Å²) in [4.78, 5) is 13.7. The van der Waals surface area contributed by atoms with Gasteiger partial charge in [-0.1, -0.05) is 0 Å². The normalized spacial score (nSPS) is 17.2. The molecule has 2 heterocycles. The fourth-order valence-electron chi connectivity index (χ4n) is 2.36. The highest BCUT2D eigenvalue weighted by atomic mass is 16.5. The van der Waals surface area contributed by atoms with Crippen molar-refractivity contribution in [1.82, 2.24) is 14.7 Å². The zero-order valence-corrected chi connectivity index (χ0v) is 12.4. The van der Waals surface area contributed by atoms with Crippen LogP contribution in [0.5, 0.6) is 0 Å². The Morgan fingerprint density at radius 2 is 2.25 bits per heavy atom. The minimum Gasteiger partial charge on any atom is -0.389 e.